The molecule has 0 aromatic heterocycles. The molecular formula is C15H10ClN3O5. The van der Waals surface area contributed by atoms with E-state index in [1.165, 1.54) is 30.5 Å². The van der Waals surface area contributed by atoms with Crippen LogP contribution in [0.2, 0.25) is 5.02 Å². The van der Waals surface area contributed by atoms with Gasteiger partial charge in [0.05, 0.1) is 16.2 Å². The molecule has 0 spiro atoms. The van der Waals surface area contributed by atoms with E-state index in [0.29, 0.717) is 22.1 Å². The van der Waals surface area contributed by atoms with Crippen LogP contribution in [0, 0.1) is 10.1 Å². The van der Waals surface area contributed by atoms with Gasteiger partial charge in [0.15, 0.2) is 11.5 Å². The van der Waals surface area contributed by atoms with E-state index in [4.69, 9.17) is 21.1 Å². The number of hydrazone groups is 1. The lowest BCUT2D eigenvalue weighted by Gasteiger charge is -2.02. The fourth-order valence-corrected chi connectivity index (χ4v) is 2.28. The number of benzene rings is 2. The summed E-state index contributed by atoms with van der Waals surface area (Å²) < 4.78 is 10.4. The Kier molecular flexibility index (Phi) is 4.30. The van der Waals surface area contributed by atoms with Crippen molar-refractivity contribution in [3.8, 4) is 11.5 Å². The summed E-state index contributed by atoms with van der Waals surface area (Å²) in [5, 5.41) is 15.1. The molecule has 1 amide bonds. The van der Waals surface area contributed by atoms with Gasteiger partial charge in [-0.3, -0.25) is 14.9 Å². The Bertz CT molecular complexity index is 853. The summed E-state index contributed by atoms with van der Waals surface area (Å²) in [5.74, 6) is 0.349. The number of fused-ring (bicyclic) bond motifs is 1. The number of amides is 1. The number of hydrogen-bond donors (Lipinski definition) is 1. The maximum Gasteiger partial charge on any atom is 0.282 e. The Morgan fingerprint density at radius 3 is 2.75 bits per heavy atom. The largest absolute Gasteiger partial charge is 0.454 e. The monoisotopic (exact) mass is 347 g/mol. The molecule has 0 bridgehead atoms. The van der Waals surface area contributed by atoms with Crippen molar-refractivity contribution in [1.29, 1.82) is 0 Å². The standard InChI is InChI=1S/C15H10ClN3O5/c16-11-6-14-13(23-8-24-14)5-9(11)7-17-18-15(20)10-3-1-2-4-12(10)19(21)22/h1-7H,8H2,(H,18,20). The molecular weight excluding hydrogens is 338 g/mol. The van der Waals surface area contributed by atoms with Crippen LogP contribution in [-0.4, -0.2) is 23.8 Å². The Morgan fingerprint density at radius 2 is 2.00 bits per heavy atom. The second-order valence-corrected chi connectivity index (χ2v) is 5.11. The summed E-state index contributed by atoms with van der Waals surface area (Å²) in [6.07, 6.45) is 1.32. The number of rotatable bonds is 4. The number of para-hydroxylation sites is 1. The molecule has 122 valence electrons. The van der Waals surface area contributed by atoms with E-state index in [0.717, 1.165) is 0 Å². The molecule has 0 fully saturated rings. The second-order valence-electron chi connectivity index (χ2n) is 4.70. The minimum absolute atomic E-state index is 0.0866. The predicted octanol–water partition coefficient (Wildman–Crippen LogP) is 2.74. The second kappa shape index (κ2) is 6.55. The highest BCUT2D eigenvalue weighted by atomic mass is 35.5. The number of ether oxygens (including phenoxy) is 2. The molecule has 3 rings (SSSR count). The molecule has 1 N–H and O–H groups in total. The fourth-order valence-electron chi connectivity index (χ4n) is 2.08. The first-order chi connectivity index (χ1) is 11.6. The van der Waals surface area contributed by atoms with Crippen molar-refractivity contribution in [2.24, 2.45) is 5.10 Å². The third-order valence-corrected chi connectivity index (χ3v) is 3.53. The Labute approximate surface area is 140 Å². The molecule has 24 heavy (non-hydrogen) atoms. The van der Waals surface area contributed by atoms with E-state index in [2.05, 4.69) is 10.5 Å². The van der Waals surface area contributed by atoms with Crippen LogP contribution in [0.25, 0.3) is 0 Å². The van der Waals surface area contributed by atoms with Crippen LogP contribution >= 0.6 is 11.6 Å². The van der Waals surface area contributed by atoms with Crippen molar-refractivity contribution >= 4 is 29.4 Å². The number of nitro benzene ring substituents is 1. The fraction of sp³-hybridized carbons (Fsp3) is 0.0667. The highest BCUT2D eigenvalue weighted by molar-refractivity contribution is 6.33. The number of nitrogens with one attached hydrogen (secondary N) is 1. The number of carbonyl (C=O) groups excluding carboxylic acids is 1. The summed E-state index contributed by atoms with van der Waals surface area (Å²) in [4.78, 5) is 22.3. The molecule has 0 unspecified atom stereocenters. The highest BCUT2D eigenvalue weighted by Crippen LogP contribution is 2.36. The van der Waals surface area contributed by atoms with Gasteiger partial charge in [-0.1, -0.05) is 23.7 Å². The summed E-state index contributed by atoms with van der Waals surface area (Å²) in [5.41, 5.74) is 2.35. The van der Waals surface area contributed by atoms with Gasteiger partial charge < -0.3 is 9.47 Å². The minimum Gasteiger partial charge on any atom is -0.454 e. The van der Waals surface area contributed by atoms with Crippen LogP contribution in [0.1, 0.15) is 15.9 Å². The zero-order chi connectivity index (χ0) is 17.1. The van der Waals surface area contributed by atoms with E-state index in [-0.39, 0.29) is 18.0 Å². The molecule has 1 aliphatic heterocycles. The SMILES string of the molecule is O=C(NN=Cc1cc2c(cc1Cl)OCO2)c1ccccc1[N+](=O)[O-]. The Hall–Kier alpha value is -3.13. The Morgan fingerprint density at radius 1 is 1.29 bits per heavy atom. The van der Waals surface area contributed by atoms with Crippen LogP contribution in [0.3, 0.4) is 0 Å². The number of hydrogen-bond acceptors (Lipinski definition) is 6. The highest BCUT2D eigenvalue weighted by Gasteiger charge is 2.19. The van der Waals surface area contributed by atoms with Crippen molar-refractivity contribution in [2.75, 3.05) is 6.79 Å². The lowest BCUT2D eigenvalue weighted by atomic mass is 10.2. The molecule has 1 aliphatic rings. The van der Waals surface area contributed by atoms with E-state index in [1.54, 1.807) is 12.1 Å². The molecule has 2 aromatic rings. The van der Waals surface area contributed by atoms with Gasteiger partial charge in [0, 0.05) is 17.7 Å². The van der Waals surface area contributed by atoms with E-state index < -0.39 is 10.8 Å². The van der Waals surface area contributed by atoms with Crippen LogP contribution in [0.5, 0.6) is 11.5 Å². The summed E-state index contributed by atoms with van der Waals surface area (Å²) in [7, 11) is 0. The van der Waals surface area contributed by atoms with Gasteiger partial charge in [-0.15, -0.1) is 0 Å². The maximum atomic E-state index is 12.0. The maximum absolute atomic E-state index is 12.0. The van der Waals surface area contributed by atoms with Crippen LogP contribution in [-0.2, 0) is 0 Å². The summed E-state index contributed by atoms with van der Waals surface area (Å²) in [6.45, 7) is 0.112. The van der Waals surface area contributed by atoms with Gasteiger partial charge in [0.2, 0.25) is 6.79 Å². The normalized spacial score (nSPS) is 12.4. The lowest BCUT2D eigenvalue weighted by Crippen LogP contribution is -2.19. The molecule has 0 saturated carbocycles. The van der Waals surface area contributed by atoms with Gasteiger partial charge in [0.1, 0.15) is 5.56 Å². The van der Waals surface area contributed by atoms with Crippen molar-refractivity contribution in [1.82, 2.24) is 5.43 Å². The van der Waals surface area contributed by atoms with E-state index in [9.17, 15) is 14.9 Å². The van der Waals surface area contributed by atoms with Crippen molar-refractivity contribution in [2.45, 2.75) is 0 Å². The lowest BCUT2D eigenvalue weighted by molar-refractivity contribution is -0.385. The number of carbonyl (C=O) groups is 1. The molecule has 0 radical (unpaired) electrons. The molecule has 2 aromatic carbocycles. The van der Waals surface area contributed by atoms with Gasteiger partial charge in [-0.2, -0.15) is 5.10 Å². The third-order valence-electron chi connectivity index (χ3n) is 3.21. The predicted molar refractivity (Wildman–Crippen MR) is 85.7 cm³/mol. The van der Waals surface area contributed by atoms with Crippen LogP contribution < -0.4 is 14.9 Å². The molecule has 0 saturated heterocycles. The molecule has 8 nitrogen and oxygen atoms in total. The molecule has 0 aliphatic carbocycles. The topological polar surface area (TPSA) is 103 Å². The van der Waals surface area contributed by atoms with E-state index in [1.807, 2.05) is 0 Å². The van der Waals surface area contributed by atoms with Gasteiger partial charge in [0.25, 0.3) is 11.6 Å². The van der Waals surface area contributed by atoms with Gasteiger partial charge >= 0.3 is 0 Å². The van der Waals surface area contributed by atoms with Crippen LogP contribution in [0.15, 0.2) is 41.5 Å². The number of nitrogens with zero attached hydrogens (tertiary/aromatic N) is 2. The third kappa shape index (κ3) is 3.13. The summed E-state index contributed by atoms with van der Waals surface area (Å²) in [6, 6.07) is 8.79. The smallest absolute Gasteiger partial charge is 0.282 e. The first-order valence-electron chi connectivity index (χ1n) is 6.72. The zero-order valence-corrected chi connectivity index (χ0v) is 12.8. The van der Waals surface area contributed by atoms with Crippen molar-refractivity contribution in [3.63, 3.8) is 0 Å². The average molecular weight is 348 g/mol. The van der Waals surface area contributed by atoms with Gasteiger partial charge in [-0.05, 0) is 12.1 Å². The number of halogens is 1. The first kappa shape index (κ1) is 15.8. The van der Waals surface area contributed by atoms with Crippen LogP contribution in [0.4, 0.5) is 5.69 Å². The minimum atomic E-state index is -0.699. The summed E-state index contributed by atoms with van der Waals surface area (Å²) >= 11 is 6.08. The quantitative estimate of drug-likeness (QED) is 0.520. The molecule has 0 atom stereocenters. The van der Waals surface area contributed by atoms with Crippen molar-refractivity contribution < 1.29 is 19.2 Å². The first-order valence-corrected chi connectivity index (χ1v) is 7.10. The van der Waals surface area contributed by atoms with E-state index >= 15 is 0 Å². The van der Waals surface area contributed by atoms with Crippen molar-refractivity contribution in [3.05, 3.63) is 62.7 Å². The Balaban J connectivity index is 1.75. The number of nitro groups is 1. The molecule has 1 heterocycles. The van der Waals surface area contributed by atoms with Gasteiger partial charge in [-0.25, -0.2) is 5.43 Å². The zero-order valence-electron chi connectivity index (χ0n) is 12.1. The average Bonchev–Trinajstić information content (AvgIpc) is 3.01. The molecule has 9 heteroatoms.